The highest BCUT2D eigenvalue weighted by Gasteiger charge is 2.41. The van der Waals surface area contributed by atoms with Crippen LogP contribution in [0.2, 0.25) is 0 Å². The van der Waals surface area contributed by atoms with Crippen LogP contribution >= 0.6 is 0 Å². The van der Waals surface area contributed by atoms with Crippen molar-refractivity contribution in [2.75, 3.05) is 33.4 Å². The van der Waals surface area contributed by atoms with Crippen LogP contribution in [0.3, 0.4) is 0 Å². The summed E-state index contributed by atoms with van der Waals surface area (Å²) in [6, 6.07) is 4.04. The maximum absolute atomic E-state index is 13.4. The largest absolute Gasteiger partial charge is 0.453 e. The quantitative estimate of drug-likeness (QED) is 0.594. The molecule has 1 saturated heterocycles. The van der Waals surface area contributed by atoms with E-state index in [9.17, 15) is 9.59 Å². The van der Waals surface area contributed by atoms with Gasteiger partial charge in [-0.25, -0.2) is 14.5 Å². The van der Waals surface area contributed by atoms with E-state index in [4.69, 9.17) is 14.8 Å². The van der Waals surface area contributed by atoms with Gasteiger partial charge in [0.05, 0.1) is 25.5 Å². The summed E-state index contributed by atoms with van der Waals surface area (Å²) in [4.78, 5) is 31.3. The van der Waals surface area contributed by atoms with Gasteiger partial charge in [0.25, 0.3) is 5.91 Å². The number of aromatic nitrogens is 3. The van der Waals surface area contributed by atoms with Gasteiger partial charge in [0.1, 0.15) is 6.10 Å². The number of alkyl carbamates (subject to hydrolysis) is 1. The first-order chi connectivity index (χ1) is 15.5. The molecule has 2 aliphatic rings. The number of methoxy groups -OCH3 is 1. The van der Waals surface area contributed by atoms with Crippen molar-refractivity contribution in [2.24, 2.45) is 0 Å². The Morgan fingerprint density at radius 1 is 1.41 bits per heavy atom. The third-order valence-electron chi connectivity index (χ3n) is 5.98. The first-order valence-electron chi connectivity index (χ1n) is 11.3. The Labute approximate surface area is 187 Å². The van der Waals surface area contributed by atoms with E-state index in [0.29, 0.717) is 32.7 Å². The van der Waals surface area contributed by atoms with E-state index in [-0.39, 0.29) is 18.0 Å². The van der Waals surface area contributed by atoms with Gasteiger partial charge in [-0.05, 0) is 45.2 Å². The highest BCUT2D eigenvalue weighted by Crippen LogP contribution is 2.37. The lowest BCUT2D eigenvalue weighted by Crippen LogP contribution is -2.50. The van der Waals surface area contributed by atoms with E-state index in [1.807, 2.05) is 35.6 Å². The molecule has 2 aromatic rings. The monoisotopic (exact) mass is 444 g/mol. The summed E-state index contributed by atoms with van der Waals surface area (Å²) >= 11 is 0. The Hall–Kier alpha value is -2.72. The lowest BCUT2D eigenvalue weighted by molar-refractivity contribution is -0.148. The molecule has 0 radical (unpaired) electrons. The topological polar surface area (TPSA) is 111 Å². The van der Waals surface area contributed by atoms with E-state index in [1.165, 1.54) is 7.11 Å². The number of nitrogens with zero attached hydrogens (tertiary/aromatic N) is 4. The van der Waals surface area contributed by atoms with Gasteiger partial charge in [-0.2, -0.15) is 5.10 Å². The zero-order valence-electron chi connectivity index (χ0n) is 19.0. The zero-order chi connectivity index (χ0) is 22.7. The second kappa shape index (κ2) is 9.83. The van der Waals surface area contributed by atoms with E-state index in [0.717, 1.165) is 41.8 Å². The van der Waals surface area contributed by atoms with Crippen molar-refractivity contribution in [1.82, 2.24) is 30.3 Å². The maximum Gasteiger partial charge on any atom is 0.406 e. The van der Waals surface area contributed by atoms with Gasteiger partial charge < -0.3 is 25.0 Å². The Balaban J connectivity index is 1.57. The fourth-order valence-corrected chi connectivity index (χ4v) is 4.19. The molecule has 2 fully saturated rings. The van der Waals surface area contributed by atoms with Crippen LogP contribution in [0, 0.1) is 6.92 Å². The maximum atomic E-state index is 13.4. The lowest BCUT2D eigenvalue weighted by atomic mass is 10.1. The van der Waals surface area contributed by atoms with E-state index in [1.54, 1.807) is 0 Å². The number of nitrogens with one attached hydrogen (secondary N) is 2. The van der Waals surface area contributed by atoms with Gasteiger partial charge in [0, 0.05) is 43.3 Å². The number of pyridine rings is 1. The van der Waals surface area contributed by atoms with Crippen molar-refractivity contribution in [3.63, 3.8) is 0 Å². The molecule has 1 unspecified atom stereocenters. The van der Waals surface area contributed by atoms with Gasteiger partial charge in [0.15, 0.2) is 5.65 Å². The molecular weight excluding hydrogens is 412 g/mol. The highest BCUT2D eigenvalue weighted by atomic mass is 16.5. The molecule has 0 spiro atoms. The predicted molar refractivity (Wildman–Crippen MR) is 118 cm³/mol. The number of ether oxygens (including phenoxy) is 2. The summed E-state index contributed by atoms with van der Waals surface area (Å²) in [7, 11) is 1.35. The Morgan fingerprint density at radius 2 is 2.22 bits per heavy atom. The number of hydrogen-bond acceptors (Lipinski definition) is 7. The minimum atomic E-state index is -0.454. The molecule has 32 heavy (non-hydrogen) atoms. The third kappa shape index (κ3) is 4.86. The summed E-state index contributed by atoms with van der Waals surface area (Å²) in [5, 5.41) is 11.8. The first-order valence-corrected chi connectivity index (χ1v) is 11.3. The van der Waals surface area contributed by atoms with Gasteiger partial charge in [-0.1, -0.05) is 0 Å². The van der Waals surface area contributed by atoms with Crippen LogP contribution in [0.4, 0.5) is 4.79 Å². The second-order valence-corrected chi connectivity index (χ2v) is 8.42. The zero-order valence-corrected chi connectivity index (χ0v) is 19.0. The molecule has 1 aliphatic heterocycles. The van der Waals surface area contributed by atoms with Crippen LogP contribution in [0.5, 0.6) is 0 Å². The van der Waals surface area contributed by atoms with Gasteiger partial charge in [0.2, 0.25) is 0 Å². The van der Waals surface area contributed by atoms with E-state index >= 15 is 0 Å². The predicted octanol–water partition coefficient (Wildman–Crippen LogP) is 1.53. The van der Waals surface area contributed by atoms with E-state index in [2.05, 4.69) is 15.4 Å². The average molecular weight is 445 g/mol. The Bertz CT molecular complexity index is 967. The summed E-state index contributed by atoms with van der Waals surface area (Å²) in [6.07, 6.45) is 1.79. The Morgan fingerprint density at radius 3 is 2.91 bits per heavy atom. The lowest BCUT2D eigenvalue weighted by Gasteiger charge is -2.33. The highest BCUT2D eigenvalue weighted by molar-refractivity contribution is 5.84. The molecule has 2 N–H and O–H groups in total. The normalized spacial score (nSPS) is 19.5. The molecule has 2 amide bonds. The van der Waals surface area contributed by atoms with Gasteiger partial charge in [-0.3, -0.25) is 4.79 Å². The van der Waals surface area contributed by atoms with Crippen molar-refractivity contribution in [3.05, 3.63) is 23.5 Å². The smallest absolute Gasteiger partial charge is 0.406 e. The molecule has 4 rings (SSSR count). The van der Waals surface area contributed by atoms with Crippen LogP contribution in [0.1, 0.15) is 43.6 Å². The number of hydrogen-bond donors (Lipinski definition) is 2. The molecule has 2 aromatic heterocycles. The summed E-state index contributed by atoms with van der Waals surface area (Å²) in [5.74, 6) is 0.0252. The van der Waals surface area contributed by atoms with Crippen molar-refractivity contribution >= 4 is 23.0 Å². The van der Waals surface area contributed by atoms with Gasteiger partial charge in [-0.15, -0.1) is 0 Å². The standard InChI is InChI=1S/C22H32N6O4/c1-14-5-8-17-19(26-27(20(17)25-14)11-4-9-24-22(30)31-3)15(2)28(16-6-7-16)21(29)18-13-23-10-12-32-18/h5,8,15-16,18,23H,4,6-7,9-13H2,1-3H3,(H,24,30)/t15?,18-/m1/s1. The average Bonchev–Trinajstić information content (AvgIpc) is 3.58. The molecule has 1 saturated carbocycles. The molecule has 3 heterocycles. The number of carbonyl (C=O) groups is 2. The molecule has 2 atom stereocenters. The van der Waals surface area contributed by atoms with Gasteiger partial charge >= 0.3 is 6.09 Å². The van der Waals surface area contributed by atoms with Crippen LogP contribution in [0.15, 0.2) is 12.1 Å². The molecule has 1 aliphatic carbocycles. The fourth-order valence-electron chi connectivity index (χ4n) is 4.19. The summed E-state index contributed by atoms with van der Waals surface area (Å²) in [6.45, 7) is 6.92. The number of fused-ring (bicyclic) bond motifs is 1. The third-order valence-corrected chi connectivity index (χ3v) is 5.98. The fraction of sp³-hybridized carbons (Fsp3) is 0.636. The number of morpholine rings is 1. The van der Waals surface area contributed by atoms with Crippen molar-refractivity contribution in [3.8, 4) is 0 Å². The number of amides is 2. The molecule has 0 bridgehead atoms. The SMILES string of the molecule is COC(=O)NCCCn1nc(C(C)N(C(=O)[C@H]2CNCCO2)C2CC2)c2ccc(C)nc21. The van der Waals surface area contributed by atoms with Crippen LogP contribution in [-0.2, 0) is 20.8 Å². The Kier molecular flexibility index (Phi) is 6.90. The number of carbonyl (C=O) groups excluding carboxylic acids is 2. The number of aryl methyl sites for hydroxylation is 2. The van der Waals surface area contributed by atoms with Crippen LogP contribution in [0.25, 0.3) is 11.0 Å². The first kappa shape index (κ1) is 22.5. The summed E-state index contributed by atoms with van der Waals surface area (Å²) < 4.78 is 12.2. The number of rotatable bonds is 8. The van der Waals surface area contributed by atoms with Crippen molar-refractivity contribution < 1.29 is 19.1 Å². The van der Waals surface area contributed by atoms with Crippen molar-refractivity contribution in [2.45, 2.75) is 57.8 Å². The molecule has 10 nitrogen and oxygen atoms in total. The molecule has 10 heteroatoms. The second-order valence-electron chi connectivity index (χ2n) is 8.42. The minimum absolute atomic E-state index is 0.0252. The molecule has 0 aromatic carbocycles. The molecular formula is C22H32N6O4. The van der Waals surface area contributed by atoms with Crippen molar-refractivity contribution in [1.29, 1.82) is 0 Å². The summed E-state index contributed by atoms with van der Waals surface area (Å²) in [5.41, 5.74) is 2.54. The minimum Gasteiger partial charge on any atom is -0.453 e. The molecule has 174 valence electrons. The van der Waals surface area contributed by atoms with E-state index < -0.39 is 12.2 Å². The van der Waals surface area contributed by atoms with Crippen LogP contribution < -0.4 is 10.6 Å². The van der Waals surface area contributed by atoms with Crippen LogP contribution in [-0.4, -0.2) is 77.2 Å².